The van der Waals surface area contributed by atoms with Crippen LogP contribution in [0.5, 0.6) is 5.75 Å². The molecule has 0 saturated carbocycles. The summed E-state index contributed by atoms with van der Waals surface area (Å²) in [5.41, 5.74) is 1.53. The monoisotopic (exact) mass is 296 g/mol. The van der Waals surface area contributed by atoms with Crippen LogP contribution in [0.15, 0.2) is 24.3 Å². The molecule has 5 heteroatoms. The minimum absolute atomic E-state index is 0.144. The number of hydrogen-bond acceptors (Lipinski definition) is 3. The van der Waals surface area contributed by atoms with E-state index in [0.29, 0.717) is 21.7 Å². The highest BCUT2D eigenvalue weighted by Crippen LogP contribution is 2.26. The van der Waals surface area contributed by atoms with Crippen molar-refractivity contribution in [2.24, 2.45) is 0 Å². The molecule has 0 spiro atoms. The summed E-state index contributed by atoms with van der Waals surface area (Å²) in [6, 6.07) is 7.52. The molecule has 0 N–H and O–H groups in total. The van der Waals surface area contributed by atoms with Crippen molar-refractivity contribution in [3.05, 3.63) is 40.1 Å². The third-order valence-corrected chi connectivity index (χ3v) is 3.25. The number of nitrogens with zero attached hydrogens (tertiary/aromatic N) is 2. The van der Waals surface area contributed by atoms with Crippen LogP contribution in [0.1, 0.15) is 19.4 Å². The Hall–Kier alpha value is -1.32. The maximum Gasteiger partial charge on any atom is 0.162 e. The van der Waals surface area contributed by atoms with Gasteiger partial charge in [0.05, 0.1) is 6.10 Å². The van der Waals surface area contributed by atoms with Gasteiger partial charge in [-0.1, -0.05) is 23.2 Å². The molecule has 3 nitrogen and oxygen atoms in total. The molecule has 100 valence electrons. The highest BCUT2D eigenvalue weighted by molar-refractivity contribution is 6.34. The molecule has 1 aromatic carbocycles. The smallest absolute Gasteiger partial charge is 0.162 e. The van der Waals surface area contributed by atoms with E-state index in [1.165, 1.54) is 0 Å². The number of rotatable bonds is 3. The number of hydrogen-bond donors (Lipinski definition) is 0. The molecule has 2 rings (SSSR count). The van der Waals surface area contributed by atoms with Crippen LogP contribution >= 0.6 is 23.2 Å². The summed E-state index contributed by atoms with van der Waals surface area (Å²) >= 11 is 12.0. The molecule has 1 aromatic heterocycles. The fraction of sp³-hybridized carbons (Fsp3) is 0.286. The number of aromatic nitrogens is 2. The average Bonchev–Trinajstić information content (AvgIpc) is 2.35. The molecule has 0 atom stereocenters. The average molecular weight is 297 g/mol. The number of benzene rings is 1. The van der Waals surface area contributed by atoms with Gasteiger partial charge in [0.1, 0.15) is 16.1 Å². The summed E-state index contributed by atoms with van der Waals surface area (Å²) in [7, 11) is 0. The molecule has 0 amide bonds. The molecule has 0 fully saturated rings. The van der Waals surface area contributed by atoms with E-state index in [0.717, 1.165) is 11.3 Å². The fourth-order valence-corrected chi connectivity index (χ4v) is 1.94. The SMILES string of the molecule is Cc1c(Cl)nc(-c2ccc(OC(C)C)cc2)nc1Cl. The van der Waals surface area contributed by atoms with E-state index < -0.39 is 0 Å². The Morgan fingerprint density at radius 1 is 1.00 bits per heavy atom. The van der Waals surface area contributed by atoms with E-state index in [1.54, 1.807) is 6.92 Å². The molecule has 0 aliphatic heterocycles. The van der Waals surface area contributed by atoms with Gasteiger partial charge in [-0.2, -0.15) is 0 Å². The minimum Gasteiger partial charge on any atom is -0.491 e. The lowest BCUT2D eigenvalue weighted by molar-refractivity contribution is 0.242. The second-order valence-corrected chi connectivity index (χ2v) is 5.16. The summed E-state index contributed by atoms with van der Waals surface area (Å²) in [4.78, 5) is 8.45. The van der Waals surface area contributed by atoms with Crippen LogP contribution in [-0.4, -0.2) is 16.1 Å². The minimum atomic E-state index is 0.144. The van der Waals surface area contributed by atoms with E-state index in [-0.39, 0.29) is 6.10 Å². The lowest BCUT2D eigenvalue weighted by Gasteiger charge is -2.10. The third-order valence-electron chi connectivity index (χ3n) is 2.51. The van der Waals surface area contributed by atoms with Gasteiger partial charge in [-0.05, 0) is 45.0 Å². The van der Waals surface area contributed by atoms with Crippen molar-refractivity contribution in [3.8, 4) is 17.1 Å². The predicted octanol–water partition coefficient (Wildman–Crippen LogP) is 4.55. The Morgan fingerprint density at radius 2 is 1.53 bits per heavy atom. The first kappa shape index (κ1) is 14.1. The van der Waals surface area contributed by atoms with Crippen molar-refractivity contribution in [2.75, 3.05) is 0 Å². The van der Waals surface area contributed by atoms with Crippen LogP contribution in [0, 0.1) is 6.92 Å². The fourth-order valence-electron chi connectivity index (χ4n) is 1.55. The number of halogens is 2. The van der Waals surface area contributed by atoms with E-state index in [9.17, 15) is 0 Å². The van der Waals surface area contributed by atoms with Crippen LogP contribution < -0.4 is 4.74 Å². The van der Waals surface area contributed by atoms with Crippen molar-refractivity contribution >= 4 is 23.2 Å². The molecule has 0 unspecified atom stereocenters. The van der Waals surface area contributed by atoms with Gasteiger partial charge in [0.15, 0.2) is 5.82 Å². The lowest BCUT2D eigenvalue weighted by Crippen LogP contribution is -2.05. The molecule has 0 saturated heterocycles. The molecule has 0 aliphatic rings. The van der Waals surface area contributed by atoms with Gasteiger partial charge in [-0.3, -0.25) is 0 Å². The van der Waals surface area contributed by atoms with E-state index in [2.05, 4.69) is 9.97 Å². The Morgan fingerprint density at radius 3 is 2.00 bits per heavy atom. The maximum absolute atomic E-state index is 6.01. The lowest BCUT2D eigenvalue weighted by atomic mass is 10.2. The first-order valence-electron chi connectivity index (χ1n) is 5.94. The molecule has 0 radical (unpaired) electrons. The second-order valence-electron chi connectivity index (χ2n) is 4.44. The van der Waals surface area contributed by atoms with Crippen LogP contribution in [-0.2, 0) is 0 Å². The third kappa shape index (κ3) is 3.37. The van der Waals surface area contributed by atoms with Crippen LogP contribution in [0.2, 0.25) is 10.3 Å². The normalized spacial score (nSPS) is 10.8. The van der Waals surface area contributed by atoms with Gasteiger partial charge in [0, 0.05) is 11.1 Å². The van der Waals surface area contributed by atoms with Gasteiger partial charge in [-0.15, -0.1) is 0 Å². The summed E-state index contributed by atoms with van der Waals surface area (Å²) < 4.78 is 5.58. The summed E-state index contributed by atoms with van der Waals surface area (Å²) in [5.74, 6) is 1.32. The second kappa shape index (κ2) is 5.76. The van der Waals surface area contributed by atoms with E-state index >= 15 is 0 Å². The van der Waals surface area contributed by atoms with Crippen molar-refractivity contribution < 1.29 is 4.74 Å². The van der Waals surface area contributed by atoms with Gasteiger partial charge < -0.3 is 4.74 Å². The van der Waals surface area contributed by atoms with Crippen molar-refractivity contribution in [2.45, 2.75) is 26.9 Å². The molecular formula is C14H14Cl2N2O. The molecule has 0 bridgehead atoms. The topological polar surface area (TPSA) is 35.0 Å². The standard InChI is InChI=1S/C14H14Cl2N2O/c1-8(2)19-11-6-4-10(5-7-11)14-17-12(15)9(3)13(16)18-14/h4-8H,1-3H3. The van der Waals surface area contributed by atoms with Crippen LogP contribution in [0.3, 0.4) is 0 Å². The van der Waals surface area contributed by atoms with Crippen LogP contribution in [0.25, 0.3) is 11.4 Å². The molecule has 2 aromatic rings. The Kier molecular flexibility index (Phi) is 4.27. The molecule has 0 aliphatic carbocycles. The largest absolute Gasteiger partial charge is 0.491 e. The summed E-state index contributed by atoms with van der Waals surface area (Å²) in [6.45, 7) is 5.75. The highest BCUT2D eigenvalue weighted by Gasteiger charge is 2.09. The summed E-state index contributed by atoms with van der Waals surface area (Å²) in [5, 5.41) is 0.745. The summed E-state index contributed by atoms with van der Waals surface area (Å²) in [6.07, 6.45) is 0.144. The molecule has 19 heavy (non-hydrogen) atoms. The first-order valence-corrected chi connectivity index (χ1v) is 6.69. The van der Waals surface area contributed by atoms with Crippen molar-refractivity contribution in [3.63, 3.8) is 0 Å². The van der Waals surface area contributed by atoms with Crippen LogP contribution in [0.4, 0.5) is 0 Å². The zero-order valence-electron chi connectivity index (χ0n) is 10.9. The van der Waals surface area contributed by atoms with E-state index in [1.807, 2.05) is 38.1 Å². The zero-order chi connectivity index (χ0) is 14.0. The van der Waals surface area contributed by atoms with Gasteiger partial charge in [-0.25, -0.2) is 9.97 Å². The van der Waals surface area contributed by atoms with Crippen molar-refractivity contribution in [1.82, 2.24) is 9.97 Å². The van der Waals surface area contributed by atoms with Gasteiger partial charge in [0.2, 0.25) is 0 Å². The van der Waals surface area contributed by atoms with Crippen molar-refractivity contribution in [1.29, 1.82) is 0 Å². The first-order chi connectivity index (χ1) is 8.97. The number of ether oxygens (including phenoxy) is 1. The Bertz CT molecular complexity index is 559. The highest BCUT2D eigenvalue weighted by atomic mass is 35.5. The van der Waals surface area contributed by atoms with Gasteiger partial charge in [0.25, 0.3) is 0 Å². The maximum atomic E-state index is 6.01. The Balaban J connectivity index is 2.32. The Labute approximate surface area is 122 Å². The van der Waals surface area contributed by atoms with Gasteiger partial charge >= 0.3 is 0 Å². The zero-order valence-corrected chi connectivity index (χ0v) is 12.5. The molecule has 1 heterocycles. The quantitative estimate of drug-likeness (QED) is 0.780. The van der Waals surface area contributed by atoms with E-state index in [4.69, 9.17) is 27.9 Å². The predicted molar refractivity (Wildman–Crippen MR) is 78.0 cm³/mol. The molecular weight excluding hydrogens is 283 g/mol.